The summed E-state index contributed by atoms with van der Waals surface area (Å²) in [7, 11) is 0. The normalized spacial score (nSPS) is 16.9. The molecule has 0 aromatic heterocycles. The van der Waals surface area contributed by atoms with Gasteiger partial charge in [-0.2, -0.15) is 0 Å². The smallest absolute Gasteiger partial charge is 0.223 e. The van der Waals surface area contributed by atoms with Crippen molar-refractivity contribution in [3.05, 3.63) is 71.8 Å². The Morgan fingerprint density at radius 3 is 2.29 bits per heavy atom. The molecule has 1 aliphatic rings. The summed E-state index contributed by atoms with van der Waals surface area (Å²) in [6, 6.07) is 20.4. The van der Waals surface area contributed by atoms with Gasteiger partial charge in [0.1, 0.15) is 0 Å². The van der Waals surface area contributed by atoms with Crippen LogP contribution in [-0.2, 0) is 22.5 Å². The Hall–Kier alpha value is -2.13. The fourth-order valence-electron chi connectivity index (χ4n) is 3.15. The molecule has 1 atom stereocenters. The van der Waals surface area contributed by atoms with Gasteiger partial charge in [-0.3, -0.25) is 4.79 Å². The topological polar surface area (TPSA) is 29.5 Å². The molecule has 24 heavy (non-hydrogen) atoms. The first-order valence-electron chi connectivity index (χ1n) is 8.78. The number of carbonyl (C=O) groups is 1. The van der Waals surface area contributed by atoms with Crippen LogP contribution >= 0.6 is 0 Å². The van der Waals surface area contributed by atoms with Gasteiger partial charge >= 0.3 is 0 Å². The number of hydrogen-bond acceptors (Lipinski definition) is 2. The van der Waals surface area contributed by atoms with Gasteiger partial charge in [-0.05, 0) is 30.4 Å². The molecule has 3 nitrogen and oxygen atoms in total. The van der Waals surface area contributed by atoms with Crippen molar-refractivity contribution in [3.8, 4) is 0 Å². The molecule has 0 spiro atoms. The fraction of sp³-hybridized carbons (Fsp3) is 0.381. The van der Waals surface area contributed by atoms with Crippen molar-refractivity contribution in [1.82, 2.24) is 4.90 Å². The number of hydrogen-bond donors (Lipinski definition) is 0. The van der Waals surface area contributed by atoms with Crippen molar-refractivity contribution in [1.29, 1.82) is 0 Å². The summed E-state index contributed by atoms with van der Waals surface area (Å²) in [5, 5.41) is 0. The lowest BCUT2D eigenvalue weighted by Gasteiger charge is -2.26. The quantitative estimate of drug-likeness (QED) is 0.775. The van der Waals surface area contributed by atoms with Crippen molar-refractivity contribution in [2.24, 2.45) is 0 Å². The first kappa shape index (κ1) is 16.7. The van der Waals surface area contributed by atoms with E-state index >= 15 is 0 Å². The average molecular weight is 323 g/mol. The summed E-state index contributed by atoms with van der Waals surface area (Å²) < 4.78 is 5.74. The molecule has 0 N–H and O–H groups in total. The lowest BCUT2D eigenvalue weighted by molar-refractivity contribution is -0.133. The second kappa shape index (κ2) is 8.65. The van der Waals surface area contributed by atoms with E-state index in [2.05, 4.69) is 24.3 Å². The van der Waals surface area contributed by atoms with E-state index in [1.807, 2.05) is 41.3 Å². The minimum atomic E-state index is 0.189. The monoisotopic (exact) mass is 323 g/mol. The highest BCUT2D eigenvalue weighted by Crippen LogP contribution is 2.16. The van der Waals surface area contributed by atoms with Gasteiger partial charge in [0.05, 0.1) is 6.10 Å². The van der Waals surface area contributed by atoms with E-state index in [4.69, 9.17) is 4.74 Å². The molecule has 0 radical (unpaired) electrons. The summed E-state index contributed by atoms with van der Waals surface area (Å²) in [6.07, 6.45) is 3.67. The fourth-order valence-corrected chi connectivity index (χ4v) is 3.15. The van der Waals surface area contributed by atoms with Crippen LogP contribution in [0.5, 0.6) is 0 Å². The summed E-state index contributed by atoms with van der Waals surface area (Å²) in [5.74, 6) is 0.207. The van der Waals surface area contributed by atoms with E-state index in [0.29, 0.717) is 19.5 Å². The molecule has 126 valence electrons. The summed E-state index contributed by atoms with van der Waals surface area (Å²) in [6.45, 7) is 2.18. The SMILES string of the molecule is O=C(CCc1ccccc1)N(Cc1ccccc1)C[C@@H]1CCCO1. The van der Waals surface area contributed by atoms with Gasteiger partial charge in [0, 0.05) is 26.1 Å². The van der Waals surface area contributed by atoms with Crippen LogP contribution in [0.25, 0.3) is 0 Å². The second-order valence-electron chi connectivity index (χ2n) is 6.38. The maximum atomic E-state index is 12.8. The zero-order valence-electron chi connectivity index (χ0n) is 14.1. The van der Waals surface area contributed by atoms with Crippen LogP contribution in [0, 0.1) is 0 Å². The summed E-state index contributed by atoms with van der Waals surface area (Å²) >= 11 is 0. The van der Waals surface area contributed by atoms with Crippen molar-refractivity contribution >= 4 is 5.91 Å². The van der Waals surface area contributed by atoms with Crippen molar-refractivity contribution < 1.29 is 9.53 Å². The van der Waals surface area contributed by atoms with Crippen molar-refractivity contribution in [2.45, 2.75) is 38.3 Å². The van der Waals surface area contributed by atoms with Crippen LogP contribution in [0.2, 0.25) is 0 Å². The predicted molar refractivity (Wildman–Crippen MR) is 95.6 cm³/mol. The van der Waals surface area contributed by atoms with Crippen LogP contribution in [-0.4, -0.2) is 30.1 Å². The van der Waals surface area contributed by atoms with Crippen LogP contribution in [0.3, 0.4) is 0 Å². The Balaban J connectivity index is 1.62. The molecule has 0 aliphatic carbocycles. The van der Waals surface area contributed by atoms with E-state index in [1.165, 1.54) is 11.1 Å². The molecule has 3 rings (SSSR count). The molecule has 2 aromatic carbocycles. The highest BCUT2D eigenvalue weighted by atomic mass is 16.5. The molecule has 0 saturated carbocycles. The van der Waals surface area contributed by atoms with E-state index in [-0.39, 0.29) is 12.0 Å². The van der Waals surface area contributed by atoms with E-state index in [0.717, 1.165) is 25.9 Å². The number of benzene rings is 2. The number of amides is 1. The molecule has 1 aliphatic heterocycles. The molecular weight excluding hydrogens is 298 g/mol. The molecule has 1 saturated heterocycles. The third kappa shape index (κ3) is 4.93. The predicted octanol–water partition coefficient (Wildman–Crippen LogP) is 3.83. The Morgan fingerprint density at radius 1 is 1.00 bits per heavy atom. The molecule has 2 aromatic rings. The third-order valence-corrected chi connectivity index (χ3v) is 4.49. The zero-order chi connectivity index (χ0) is 16.6. The van der Waals surface area contributed by atoms with Crippen LogP contribution in [0.4, 0.5) is 0 Å². The number of ether oxygens (including phenoxy) is 1. The molecule has 1 heterocycles. The maximum absolute atomic E-state index is 12.8. The molecule has 1 fully saturated rings. The number of carbonyl (C=O) groups excluding carboxylic acids is 1. The average Bonchev–Trinajstić information content (AvgIpc) is 3.14. The highest BCUT2D eigenvalue weighted by Gasteiger charge is 2.22. The summed E-state index contributed by atoms with van der Waals surface area (Å²) in [4.78, 5) is 14.7. The minimum absolute atomic E-state index is 0.189. The van der Waals surface area contributed by atoms with Crippen molar-refractivity contribution in [3.63, 3.8) is 0 Å². The number of rotatable bonds is 7. The van der Waals surface area contributed by atoms with Crippen molar-refractivity contribution in [2.75, 3.05) is 13.2 Å². The lowest BCUT2D eigenvalue weighted by atomic mass is 10.1. The van der Waals surface area contributed by atoms with Gasteiger partial charge in [0.25, 0.3) is 0 Å². The largest absolute Gasteiger partial charge is 0.376 e. The molecule has 0 bridgehead atoms. The standard InChI is InChI=1S/C21H25NO2/c23-21(14-13-18-8-3-1-4-9-18)22(17-20-12-7-15-24-20)16-19-10-5-2-6-11-19/h1-6,8-11,20H,7,12-17H2/t20-/m0/s1. The lowest BCUT2D eigenvalue weighted by Crippen LogP contribution is -2.37. The van der Waals surface area contributed by atoms with E-state index in [9.17, 15) is 4.79 Å². The Labute approximate surface area is 144 Å². The molecular formula is C21H25NO2. The third-order valence-electron chi connectivity index (χ3n) is 4.49. The van der Waals surface area contributed by atoms with Gasteiger partial charge < -0.3 is 9.64 Å². The molecule has 0 unspecified atom stereocenters. The van der Waals surface area contributed by atoms with Crippen LogP contribution in [0.15, 0.2) is 60.7 Å². The van der Waals surface area contributed by atoms with E-state index in [1.54, 1.807) is 0 Å². The Kier molecular flexibility index (Phi) is 6.02. The Morgan fingerprint density at radius 2 is 1.67 bits per heavy atom. The highest BCUT2D eigenvalue weighted by molar-refractivity contribution is 5.76. The second-order valence-corrected chi connectivity index (χ2v) is 6.38. The maximum Gasteiger partial charge on any atom is 0.223 e. The first-order valence-corrected chi connectivity index (χ1v) is 8.78. The van der Waals surface area contributed by atoms with Gasteiger partial charge in [-0.25, -0.2) is 0 Å². The Bertz CT molecular complexity index is 621. The van der Waals surface area contributed by atoms with Gasteiger partial charge in [-0.1, -0.05) is 60.7 Å². The van der Waals surface area contributed by atoms with Crippen LogP contribution in [0.1, 0.15) is 30.4 Å². The number of aryl methyl sites for hydroxylation is 1. The zero-order valence-corrected chi connectivity index (χ0v) is 14.1. The summed E-state index contributed by atoms with van der Waals surface area (Å²) in [5.41, 5.74) is 2.38. The van der Waals surface area contributed by atoms with Gasteiger partial charge in [0.15, 0.2) is 0 Å². The van der Waals surface area contributed by atoms with Gasteiger partial charge in [-0.15, -0.1) is 0 Å². The van der Waals surface area contributed by atoms with Gasteiger partial charge in [0.2, 0.25) is 5.91 Å². The first-order chi connectivity index (χ1) is 11.8. The van der Waals surface area contributed by atoms with Crippen LogP contribution < -0.4 is 0 Å². The molecule has 3 heteroatoms. The van der Waals surface area contributed by atoms with E-state index < -0.39 is 0 Å². The molecule has 1 amide bonds. The number of nitrogens with zero attached hydrogens (tertiary/aromatic N) is 1. The minimum Gasteiger partial charge on any atom is -0.376 e.